The first-order valence-electron chi connectivity index (χ1n) is 3.75. The third-order valence-electron chi connectivity index (χ3n) is 1.58. The van der Waals surface area contributed by atoms with Gasteiger partial charge in [-0.25, -0.2) is 4.98 Å². The van der Waals surface area contributed by atoms with Gasteiger partial charge in [-0.05, 0) is 6.07 Å². The van der Waals surface area contributed by atoms with Crippen LogP contribution in [0, 0.1) is 0 Å². The number of carbonyl (C=O) groups is 1. The van der Waals surface area contributed by atoms with Gasteiger partial charge in [0.2, 0.25) is 0 Å². The van der Waals surface area contributed by atoms with Gasteiger partial charge in [0.25, 0.3) is 5.91 Å². The minimum Gasteiger partial charge on any atom is -0.397 e. The minimum atomic E-state index is -0.525. The summed E-state index contributed by atoms with van der Waals surface area (Å²) in [5.41, 5.74) is 11.4. The van der Waals surface area contributed by atoms with Gasteiger partial charge in [0.1, 0.15) is 5.82 Å². The fourth-order valence-electron chi connectivity index (χ4n) is 1.01. The van der Waals surface area contributed by atoms with E-state index < -0.39 is 5.91 Å². The lowest BCUT2D eigenvalue weighted by atomic mass is 10.2. The number of amides is 1. The largest absolute Gasteiger partial charge is 0.397 e. The van der Waals surface area contributed by atoms with Crippen molar-refractivity contribution in [3.8, 4) is 0 Å². The standard InChI is InChI=1S/C8H12N4O/c1-12(2)8-6(7(10)13)3-5(9)4-11-8/h3-4H,9H2,1-2H3,(H2,10,13). The molecule has 0 aromatic carbocycles. The first kappa shape index (κ1) is 9.31. The lowest BCUT2D eigenvalue weighted by Crippen LogP contribution is -2.20. The molecule has 0 saturated heterocycles. The number of carbonyl (C=O) groups excluding carboxylic acids is 1. The second-order valence-corrected chi connectivity index (χ2v) is 2.90. The number of nitrogen functional groups attached to an aromatic ring is 1. The van der Waals surface area contributed by atoms with Crippen LogP contribution in [-0.2, 0) is 0 Å². The molecule has 1 amide bonds. The molecule has 0 saturated carbocycles. The van der Waals surface area contributed by atoms with Gasteiger partial charge in [0.05, 0.1) is 17.4 Å². The van der Waals surface area contributed by atoms with Gasteiger partial charge in [0.15, 0.2) is 0 Å². The van der Waals surface area contributed by atoms with Crippen LogP contribution < -0.4 is 16.4 Å². The molecular weight excluding hydrogens is 168 g/mol. The van der Waals surface area contributed by atoms with Crippen molar-refractivity contribution in [3.05, 3.63) is 17.8 Å². The van der Waals surface area contributed by atoms with Crippen molar-refractivity contribution in [2.24, 2.45) is 5.73 Å². The quantitative estimate of drug-likeness (QED) is 0.661. The number of pyridine rings is 1. The molecule has 1 rings (SSSR count). The fourth-order valence-corrected chi connectivity index (χ4v) is 1.01. The molecule has 1 heterocycles. The maximum Gasteiger partial charge on any atom is 0.252 e. The van der Waals surface area contributed by atoms with E-state index in [2.05, 4.69) is 4.98 Å². The minimum absolute atomic E-state index is 0.338. The Bertz CT molecular complexity index is 335. The molecule has 0 bridgehead atoms. The molecule has 1 aromatic heterocycles. The zero-order chi connectivity index (χ0) is 10.0. The summed E-state index contributed by atoms with van der Waals surface area (Å²) in [5.74, 6) is 0.00481. The van der Waals surface area contributed by atoms with Gasteiger partial charge in [0, 0.05) is 14.1 Å². The molecule has 4 N–H and O–H groups in total. The summed E-state index contributed by atoms with van der Waals surface area (Å²) in [6.07, 6.45) is 1.49. The molecular formula is C8H12N4O. The molecule has 0 aliphatic heterocycles. The number of primary amides is 1. The van der Waals surface area contributed by atoms with E-state index in [0.717, 1.165) is 0 Å². The molecule has 13 heavy (non-hydrogen) atoms. The van der Waals surface area contributed by atoms with Crippen LogP contribution in [0.5, 0.6) is 0 Å². The second kappa shape index (κ2) is 3.30. The lowest BCUT2D eigenvalue weighted by molar-refractivity contribution is 0.100. The van der Waals surface area contributed by atoms with E-state index in [1.807, 2.05) is 0 Å². The van der Waals surface area contributed by atoms with Crippen LogP contribution in [0.4, 0.5) is 11.5 Å². The predicted octanol–water partition coefficient (Wildman–Crippen LogP) is -0.171. The Labute approximate surface area is 76.3 Å². The Hall–Kier alpha value is -1.78. The highest BCUT2D eigenvalue weighted by Crippen LogP contribution is 2.16. The number of anilines is 2. The number of hydrogen-bond acceptors (Lipinski definition) is 4. The van der Waals surface area contributed by atoms with Crippen LogP contribution in [-0.4, -0.2) is 25.0 Å². The highest BCUT2D eigenvalue weighted by atomic mass is 16.1. The molecule has 0 unspecified atom stereocenters. The number of rotatable bonds is 2. The van der Waals surface area contributed by atoms with Crippen LogP contribution in [0.1, 0.15) is 10.4 Å². The number of hydrogen-bond donors (Lipinski definition) is 2. The monoisotopic (exact) mass is 180 g/mol. The Kier molecular flexibility index (Phi) is 2.36. The molecule has 0 spiro atoms. The van der Waals surface area contributed by atoms with E-state index in [4.69, 9.17) is 11.5 Å². The number of nitrogens with zero attached hydrogens (tertiary/aromatic N) is 2. The summed E-state index contributed by atoms with van der Waals surface area (Å²) in [5, 5.41) is 0. The number of nitrogens with two attached hydrogens (primary N) is 2. The molecule has 0 aliphatic rings. The Morgan fingerprint density at radius 1 is 1.54 bits per heavy atom. The topological polar surface area (TPSA) is 85.2 Å². The highest BCUT2D eigenvalue weighted by Gasteiger charge is 2.11. The van der Waals surface area contributed by atoms with Crippen LogP contribution >= 0.6 is 0 Å². The van der Waals surface area contributed by atoms with Gasteiger partial charge in [-0.15, -0.1) is 0 Å². The van der Waals surface area contributed by atoms with Crippen molar-refractivity contribution in [2.45, 2.75) is 0 Å². The van der Waals surface area contributed by atoms with Crippen LogP contribution in [0.25, 0.3) is 0 Å². The molecule has 0 aliphatic carbocycles. The first-order valence-corrected chi connectivity index (χ1v) is 3.75. The molecule has 5 nitrogen and oxygen atoms in total. The molecule has 0 atom stereocenters. The van der Waals surface area contributed by atoms with E-state index in [9.17, 15) is 4.79 Å². The Morgan fingerprint density at radius 3 is 2.62 bits per heavy atom. The maximum atomic E-state index is 11.0. The van der Waals surface area contributed by atoms with E-state index in [1.54, 1.807) is 19.0 Å². The zero-order valence-electron chi connectivity index (χ0n) is 7.61. The highest BCUT2D eigenvalue weighted by molar-refractivity contribution is 5.98. The predicted molar refractivity (Wildman–Crippen MR) is 51.5 cm³/mol. The summed E-state index contributed by atoms with van der Waals surface area (Å²) < 4.78 is 0. The fraction of sp³-hybridized carbons (Fsp3) is 0.250. The third kappa shape index (κ3) is 1.87. The van der Waals surface area contributed by atoms with E-state index >= 15 is 0 Å². The van der Waals surface area contributed by atoms with E-state index in [-0.39, 0.29) is 0 Å². The van der Waals surface area contributed by atoms with Gasteiger partial charge in [-0.3, -0.25) is 4.79 Å². The third-order valence-corrected chi connectivity index (χ3v) is 1.58. The van der Waals surface area contributed by atoms with Crippen molar-refractivity contribution < 1.29 is 4.79 Å². The van der Waals surface area contributed by atoms with Crippen molar-refractivity contribution in [3.63, 3.8) is 0 Å². The summed E-state index contributed by atoms with van der Waals surface area (Å²) in [6, 6.07) is 1.52. The molecule has 1 aromatic rings. The smallest absolute Gasteiger partial charge is 0.252 e. The summed E-state index contributed by atoms with van der Waals surface area (Å²) >= 11 is 0. The van der Waals surface area contributed by atoms with Crippen molar-refractivity contribution >= 4 is 17.4 Å². The Balaban J connectivity index is 3.27. The van der Waals surface area contributed by atoms with Gasteiger partial charge >= 0.3 is 0 Å². The first-order chi connectivity index (χ1) is 6.02. The lowest BCUT2D eigenvalue weighted by Gasteiger charge is -2.14. The van der Waals surface area contributed by atoms with Gasteiger partial charge < -0.3 is 16.4 Å². The second-order valence-electron chi connectivity index (χ2n) is 2.90. The molecule has 70 valence electrons. The molecule has 0 radical (unpaired) electrons. The van der Waals surface area contributed by atoms with Crippen molar-refractivity contribution in [1.29, 1.82) is 0 Å². The molecule has 5 heteroatoms. The van der Waals surface area contributed by atoms with Crippen molar-refractivity contribution in [1.82, 2.24) is 4.98 Å². The van der Waals surface area contributed by atoms with E-state index in [0.29, 0.717) is 17.1 Å². The summed E-state index contributed by atoms with van der Waals surface area (Å²) in [6.45, 7) is 0. The van der Waals surface area contributed by atoms with Gasteiger partial charge in [-0.2, -0.15) is 0 Å². The normalized spacial score (nSPS) is 9.69. The van der Waals surface area contributed by atoms with Crippen LogP contribution in [0.2, 0.25) is 0 Å². The summed E-state index contributed by atoms with van der Waals surface area (Å²) in [7, 11) is 3.57. The maximum absolute atomic E-state index is 11.0. The van der Waals surface area contributed by atoms with Crippen LogP contribution in [0.3, 0.4) is 0 Å². The number of aromatic nitrogens is 1. The zero-order valence-corrected chi connectivity index (χ0v) is 7.61. The van der Waals surface area contributed by atoms with E-state index in [1.165, 1.54) is 12.3 Å². The molecule has 0 fully saturated rings. The average Bonchev–Trinajstić information content (AvgIpc) is 2.03. The van der Waals surface area contributed by atoms with Crippen molar-refractivity contribution in [2.75, 3.05) is 24.7 Å². The SMILES string of the molecule is CN(C)c1ncc(N)cc1C(N)=O. The average molecular weight is 180 g/mol. The van der Waals surface area contributed by atoms with Gasteiger partial charge in [-0.1, -0.05) is 0 Å². The summed E-state index contributed by atoms with van der Waals surface area (Å²) in [4.78, 5) is 16.7. The Morgan fingerprint density at radius 2 is 2.15 bits per heavy atom. The van der Waals surface area contributed by atoms with Crippen LogP contribution in [0.15, 0.2) is 12.3 Å².